The van der Waals surface area contributed by atoms with E-state index in [1.54, 1.807) is 25.8 Å². The molecule has 0 aliphatic carbocycles. The van der Waals surface area contributed by atoms with Gasteiger partial charge in [0.15, 0.2) is 0 Å². The summed E-state index contributed by atoms with van der Waals surface area (Å²) >= 11 is 0. The molecule has 1 rings (SSSR count). The zero-order chi connectivity index (χ0) is 14.6. The number of hydrogen-bond donors (Lipinski definition) is 1. The van der Waals surface area contributed by atoms with Crippen LogP contribution < -0.4 is 5.32 Å². The summed E-state index contributed by atoms with van der Waals surface area (Å²) in [6.45, 7) is 3.66. The Hall–Kier alpha value is -1.94. The monoisotopic (exact) mass is 266 g/mol. The summed E-state index contributed by atoms with van der Waals surface area (Å²) in [7, 11) is 1.60. The first kappa shape index (κ1) is 15.1. The highest BCUT2D eigenvalue weighted by molar-refractivity contribution is 6.03. The molecule has 1 heterocycles. The van der Waals surface area contributed by atoms with E-state index >= 15 is 0 Å². The van der Waals surface area contributed by atoms with E-state index in [1.807, 2.05) is 6.07 Å². The Morgan fingerprint density at radius 3 is 2.74 bits per heavy atom. The molecular formula is C12H18N4O3. The highest BCUT2D eigenvalue weighted by Gasteiger charge is 2.41. The molecule has 1 aliphatic rings. The minimum atomic E-state index is -0.903. The van der Waals surface area contributed by atoms with Crippen LogP contribution in [-0.2, 0) is 14.4 Å². The van der Waals surface area contributed by atoms with Crippen molar-refractivity contribution in [1.82, 2.24) is 15.1 Å². The summed E-state index contributed by atoms with van der Waals surface area (Å²) in [5.41, 5.74) is -0.903. The van der Waals surface area contributed by atoms with E-state index in [4.69, 9.17) is 5.26 Å². The average Bonchev–Trinajstić information content (AvgIpc) is 2.33. The van der Waals surface area contributed by atoms with E-state index in [2.05, 4.69) is 5.32 Å². The first-order valence-corrected chi connectivity index (χ1v) is 5.99. The van der Waals surface area contributed by atoms with Crippen molar-refractivity contribution >= 4 is 17.7 Å². The molecule has 0 spiro atoms. The molecule has 0 bridgehead atoms. The lowest BCUT2D eigenvalue weighted by molar-refractivity contribution is -0.147. The van der Waals surface area contributed by atoms with Gasteiger partial charge in [-0.25, -0.2) is 0 Å². The van der Waals surface area contributed by atoms with Gasteiger partial charge in [0.25, 0.3) is 0 Å². The Bertz CT molecular complexity index is 439. The van der Waals surface area contributed by atoms with Crippen molar-refractivity contribution in [3.63, 3.8) is 0 Å². The van der Waals surface area contributed by atoms with Crippen molar-refractivity contribution < 1.29 is 14.4 Å². The molecule has 0 radical (unpaired) electrons. The van der Waals surface area contributed by atoms with Crippen LogP contribution in [0.5, 0.6) is 0 Å². The number of nitrogens with zero attached hydrogens (tertiary/aromatic N) is 3. The molecule has 0 aromatic rings. The van der Waals surface area contributed by atoms with Gasteiger partial charge in [-0.3, -0.25) is 24.6 Å². The molecule has 3 amide bonds. The molecule has 7 heteroatoms. The van der Waals surface area contributed by atoms with Crippen molar-refractivity contribution in [2.24, 2.45) is 0 Å². The van der Waals surface area contributed by atoms with Crippen LogP contribution >= 0.6 is 0 Å². The summed E-state index contributed by atoms with van der Waals surface area (Å²) in [4.78, 5) is 38.0. The molecule has 0 saturated carbocycles. The molecular weight excluding hydrogens is 248 g/mol. The molecule has 1 aliphatic heterocycles. The van der Waals surface area contributed by atoms with Crippen molar-refractivity contribution in [2.45, 2.75) is 25.8 Å². The Morgan fingerprint density at radius 1 is 1.53 bits per heavy atom. The number of likely N-dealkylation sites (N-methyl/N-ethyl adjacent to an activating group) is 1. The van der Waals surface area contributed by atoms with Gasteiger partial charge in [-0.1, -0.05) is 0 Å². The van der Waals surface area contributed by atoms with Crippen LogP contribution in [0.15, 0.2) is 0 Å². The van der Waals surface area contributed by atoms with Gasteiger partial charge in [-0.05, 0) is 13.8 Å². The smallest absolute Gasteiger partial charge is 0.246 e. The fourth-order valence-corrected chi connectivity index (χ4v) is 1.71. The van der Waals surface area contributed by atoms with Crippen LogP contribution in [0.2, 0.25) is 0 Å². The van der Waals surface area contributed by atoms with Crippen LogP contribution in [0.25, 0.3) is 0 Å². The predicted octanol–water partition coefficient (Wildman–Crippen LogP) is -0.905. The molecule has 0 aromatic heterocycles. The number of amides is 3. The maximum absolute atomic E-state index is 12.0. The fraction of sp³-hybridized carbons (Fsp3) is 0.667. The molecule has 0 aromatic carbocycles. The SMILES string of the molecule is CN(CCC#N)C(=O)CN1CC(=O)NC(=O)C1(C)C. The lowest BCUT2D eigenvalue weighted by Gasteiger charge is -2.40. The van der Waals surface area contributed by atoms with E-state index in [0.717, 1.165) is 0 Å². The van der Waals surface area contributed by atoms with Crippen molar-refractivity contribution in [2.75, 3.05) is 26.7 Å². The van der Waals surface area contributed by atoms with E-state index in [9.17, 15) is 14.4 Å². The number of nitrogens with one attached hydrogen (secondary N) is 1. The number of carbonyl (C=O) groups is 3. The second-order valence-corrected chi connectivity index (χ2v) is 5.02. The van der Waals surface area contributed by atoms with Crippen molar-refractivity contribution in [3.05, 3.63) is 0 Å². The maximum atomic E-state index is 12.0. The van der Waals surface area contributed by atoms with Crippen LogP contribution in [0.3, 0.4) is 0 Å². The van der Waals surface area contributed by atoms with Gasteiger partial charge in [0.2, 0.25) is 17.7 Å². The number of hydrogen-bond acceptors (Lipinski definition) is 5. The first-order valence-electron chi connectivity index (χ1n) is 5.99. The minimum absolute atomic E-state index is 0.0105. The Labute approximate surface area is 112 Å². The number of rotatable bonds is 4. The lowest BCUT2D eigenvalue weighted by atomic mass is 9.98. The van der Waals surface area contributed by atoms with Crippen LogP contribution in [0.1, 0.15) is 20.3 Å². The van der Waals surface area contributed by atoms with Gasteiger partial charge in [-0.15, -0.1) is 0 Å². The minimum Gasteiger partial charge on any atom is -0.344 e. The van der Waals surface area contributed by atoms with E-state index < -0.39 is 17.4 Å². The Kier molecular flexibility index (Phi) is 4.62. The maximum Gasteiger partial charge on any atom is 0.246 e. The van der Waals surface area contributed by atoms with Gasteiger partial charge in [0.05, 0.1) is 31.1 Å². The molecule has 104 valence electrons. The van der Waals surface area contributed by atoms with Crippen LogP contribution in [-0.4, -0.2) is 59.7 Å². The van der Waals surface area contributed by atoms with Crippen LogP contribution in [0.4, 0.5) is 0 Å². The number of carbonyl (C=O) groups excluding carboxylic acids is 3. The molecule has 0 unspecified atom stereocenters. The first-order chi connectivity index (χ1) is 8.78. The van der Waals surface area contributed by atoms with Gasteiger partial charge in [0.1, 0.15) is 0 Å². The second kappa shape index (κ2) is 5.80. The third kappa shape index (κ3) is 3.51. The molecule has 1 saturated heterocycles. The Balaban J connectivity index is 2.69. The van der Waals surface area contributed by atoms with E-state index in [-0.39, 0.29) is 25.4 Å². The molecule has 19 heavy (non-hydrogen) atoms. The predicted molar refractivity (Wildman–Crippen MR) is 66.7 cm³/mol. The lowest BCUT2D eigenvalue weighted by Crippen LogP contribution is -2.65. The number of nitriles is 1. The normalized spacial score (nSPS) is 18.6. The summed E-state index contributed by atoms with van der Waals surface area (Å²) in [5.74, 6) is -1.03. The van der Waals surface area contributed by atoms with Crippen LogP contribution in [0, 0.1) is 11.3 Å². The Morgan fingerprint density at radius 2 is 2.16 bits per heavy atom. The zero-order valence-electron chi connectivity index (χ0n) is 11.4. The third-order valence-electron chi connectivity index (χ3n) is 3.24. The number of piperazine rings is 1. The summed E-state index contributed by atoms with van der Waals surface area (Å²) in [5, 5.41) is 10.7. The van der Waals surface area contributed by atoms with E-state index in [1.165, 1.54) is 4.90 Å². The van der Waals surface area contributed by atoms with Gasteiger partial charge in [-0.2, -0.15) is 5.26 Å². The highest BCUT2D eigenvalue weighted by atomic mass is 16.2. The summed E-state index contributed by atoms with van der Waals surface area (Å²) < 4.78 is 0. The largest absolute Gasteiger partial charge is 0.344 e. The topological polar surface area (TPSA) is 93.5 Å². The summed E-state index contributed by atoms with van der Waals surface area (Å²) in [6, 6.07) is 1.96. The van der Waals surface area contributed by atoms with Crippen molar-refractivity contribution in [3.8, 4) is 6.07 Å². The molecule has 7 nitrogen and oxygen atoms in total. The molecule has 1 fully saturated rings. The van der Waals surface area contributed by atoms with Crippen molar-refractivity contribution in [1.29, 1.82) is 5.26 Å². The highest BCUT2D eigenvalue weighted by Crippen LogP contribution is 2.17. The molecule has 0 atom stereocenters. The second-order valence-electron chi connectivity index (χ2n) is 5.02. The standard InChI is InChI=1S/C12H18N4O3/c1-12(2)11(19)14-9(17)7-16(12)8-10(18)15(3)6-4-5-13/h4,6-8H2,1-3H3,(H,14,17,19). The summed E-state index contributed by atoms with van der Waals surface area (Å²) in [6.07, 6.45) is 0.255. The third-order valence-corrected chi connectivity index (χ3v) is 3.24. The molecule has 1 N–H and O–H groups in total. The zero-order valence-corrected chi connectivity index (χ0v) is 11.4. The number of imide groups is 1. The average molecular weight is 266 g/mol. The van der Waals surface area contributed by atoms with E-state index in [0.29, 0.717) is 6.54 Å². The van der Waals surface area contributed by atoms with Gasteiger partial charge < -0.3 is 4.90 Å². The van der Waals surface area contributed by atoms with Gasteiger partial charge in [0, 0.05) is 13.6 Å². The van der Waals surface area contributed by atoms with Gasteiger partial charge >= 0.3 is 0 Å². The fourth-order valence-electron chi connectivity index (χ4n) is 1.71. The quantitative estimate of drug-likeness (QED) is 0.665.